The van der Waals surface area contributed by atoms with Crippen molar-refractivity contribution >= 4 is 40.7 Å². The molecular weight excluding hydrogens is 398 g/mol. The van der Waals surface area contributed by atoms with Crippen molar-refractivity contribution in [3.8, 4) is 5.75 Å². The molecule has 2 aromatic rings. The molecule has 2 atom stereocenters. The number of fused-ring (bicyclic) bond motifs is 1. The zero-order valence-electron chi connectivity index (χ0n) is 15.3. The maximum Gasteiger partial charge on any atom is 0.263 e. The molecule has 3 amide bonds. The Morgan fingerprint density at radius 2 is 1.93 bits per heavy atom. The minimum atomic E-state index is -0.969. The molecule has 0 bridgehead atoms. The molecule has 0 saturated carbocycles. The number of nitrogens with zero attached hydrogens (tertiary/aromatic N) is 4. The van der Waals surface area contributed by atoms with E-state index in [1.807, 2.05) is 0 Å². The summed E-state index contributed by atoms with van der Waals surface area (Å²) in [5, 5.41) is 12.2. The molecule has 0 radical (unpaired) electrons. The van der Waals surface area contributed by atoms with E-state index in [1.165, 1.54) is 12.1 Å². The Balaban J connectivity index is 1.48. The minimum absolute atomic E-state index is 0.230. The van der Waals surface area contributed by atoms with Crippen LogP contribution in [0.5, 0.6) is 5.75 Å². The van der Waals surface area contributed by atoms with Gasteiger partial charge in [-0.3, -0.25) is 19.4 Å². The highest BCUT2D eigenvalue weighted by Gasteiger charge is 2.55. The number of imide groups is 1. The molecule has 2 aromatic carbocycles. The van der Waals surface area contributed by atoms with Gasteiger partial charge in [-0.05, 0) is 42.5 Å². The lowest BCUT2D eigenvalue weighted by atomic mass is 10.1. The lowest BCUT2D eigenvalue weighted by molar-refractivity contribution is -0.123. The molecule has 2 aliphatic heterocycles. The SMILES string of the molecule is COc1ccc(N2C(=O)[C@H]3N=NN(CC(=O)Nc4cccc(Cl)c4)[C@H]3C2=O)cc1. The Labute approximate surface area is 170 Å². The molecule has 2 aliphatic rings. The number of methoxy groups -OCH3 is 1. The van der Waals surface area contributed by atoms with E-state index in [-0.39, 0.29) is 6.54 Å². The van der Waals surface area contributed by atoms with Gasteiger partial charge in [0, 0.05) is 10.7 Å². The first kappa shape index (κ1) is 18.9. The van der Waals surface area contributed by atoms with Crippen molar-refractivity contribution < 1.29 is 19.1 Å². The third-order valence-corrected chi connectivity index (χ3v) is 4.84. The van der Waals surface area contributed by atoms with Gasteiger partial charge in [0.2, 0.25) is 5.91 Å². The van der Waals surface area contributed by atoms with Gasteiger partial charge < -0.3 is 10.1 Å². The molecule has 2 heterocycles. The second-order valence-electron chi connectivity index (χ2n) is 6.46. The summed E-state index contributed by atoms with van der Waals surface area (Å²) in [6, 6.07) is 11.3. The molecule has 29 heavy (non-hydrogen) atoms. The lowest BCUT2D eigenvalue weighted by Crippen LogP contribution is -2.43. The number of nitrogens with one attached hydrogen (secondary N) is 1. The van der Waals surface area contributed by atoms with Gasteiger partial charge in [-0.1, -0.05) is 22.9 Å². The van der Waals surface area contributed by atoms with E-state index in [9.17, 15) is 14.4 Å². The van der Waals surface area contributed by atoms with Crippen LogP contribution >= 0.6 is 11.6 Å². The van der Waals surface area contributed by atoms with E-state index in [2.05, 4.69) is 15.7 Å². The monoisotopic (exact) mass is 413 g/mol. The third kappa shape index (κ3) is 3.52. The molecule has 0 aromatic heterocycles. The average Bonchev–Trinajstić information content (AvgIpc) is 3.22. The molecule has 4 rings (SSSR count). The van der Waals surface area contributed by atoms with Crippen molar-refractivity contribution in [1.82, 2.24) is 5.01 Å². The predicted octanol–water partition coefficient (Wildman–Crippen LogP) is 2.28. The number of amides is 3. The number of halogens is 1. The molecular formula is C19H16ClN5O4. The van der Waals surface area contributed by atoms with Crippen molar-refractivity contribution in [3.05, 3.63) is 53.6 Å². The molecule has 10 heteroatoms. The van der Waals surface area contributed by atoms with Gasteiger partial charge in [-0.15, -0.1) is 0 Å². The Morgan fingerprint density at radius 1 is 1.17 bits per heavy atom. The number of ether oxygens (including phenoxy) is 1. The maximum atomic E-state index is 12.9. The van der Waals surface area contributed by atoms with Crippen LogP contribution in [0.25, 0.3) is 0 Å². The van der Waals surface area contributed by atoms with Crippen LogP contribution in [0.1, 0.15) is 0 Å². The number of hydrogen-bond acceptors (Lipinski definition) is 7. The van der Waals surface area contributed by atoms with Crippen molar-refractivity contribution in [3.63, 3.8) is 0 Å². The molecule has 0 unspecified atom stereocenters. The van der Waals surface area contributed by atoms with Crippen LogP contribution in [0, 0.1) is 0 Å². The summed E-state index contributed by atoms with van der Waals surface area (Å²) in [4.78, 5) is 39.0. The second kappa shape index (κ2) is 7.51. The van der Waals surface area contributed by atoms with E-state index in [0.29, 0.717) is 22.1 Å². The van der Waals surface area contributed by atoms with Crippen molar-refractivity contribution in [2.75, 3.05) is 23.9 Å². The number of carbonyl (C=O) groups excluding carboxylic acids is 3. The van der Waals surface area contributed by atoms with Crippen LogP contribution in [-0.4, -0.2) is 48.5 Å². The first-order valence-electron chi connectivity index (χ1n) is 8.72. The molecule has 148 valence electrons. The van der Waals surface area contributed by atoms with Crippen LogP contribution in [-0.2, 0) is 14.4 Å². The van der Waals surface area contributed by atoms with Crippen LogP contribution in [0.15, 0.2) is 58.9 Å². The van der Waals surface area contributed by atoms with Gasteiger partial charge >= 0.3 is 0 Å². The molecule has 1 N–H and O–H groups in total. The van der Waals surface area contributed by atoms with Crippen LogP contribution in [0.4, 0.5) is 11.4 Å². The number of hydrogen-bond donors (Lipinski definition) is 1. The summed E-state index contributed by atoms with van der Waals surface area (Å²) >= 11 is 5.91. The third-order valence-electron chi connectivity index (χ3n) is 4.60. The summed E-state index contributed by atoms with van der Waals surface area (Å²) in [6.45, 7) is -0.230. The number of anilines is 2. The Bertz CT molecular complexity index is 1010. The Hall–Kier alpha value is -3.46. The van der Waals surface area contributed by atoms with Crippen LogP contribution < -0.4 is 15.0 Å². The highest BCUT2D eigenvalue weighted by atomic mass is 35.5. The summed E-state index contributed by atoms with van der Waals surface area (Å²) < 4.78 is 5.09. The highest BCUT2D eigenvalue weighted by Crippen LogP contribution is 2.32. The second-order valence-corrected chi connectivity index (χ2v) is 6.90. The molecule has 0 aliphatic carbocycles. The lowest BCUT2D eigenvalue weighted by Gasteiger charge is -2.20. The van der Waals surface area contributed by atoms with E-state index in [4.69, 9.17) is 16.3 Å². The normalized spacial score (nSPS) is 20.2. The number of benzene rings is 2. The fourth-order valence-electron chi connectivity index (χ4n) is 3.25. The molecule has 0 spiro atoms. The summed E-state index contributed by atoms with van der Waals surface area (Å²) in [6.07, 6.45) is 0. The highest BCUT2D eigenvalue weighted by molar-refractivity contribution is 6.31. The van der Waals surface area contributed by atoms with Crippen molar-refractivity contribution in [2.45, 2.75) is 12.1 Å². The van der Waals surface area contributed by atoms with E-state index < -0.39 is 29.8 Å². The number of rotatable bonds is 5. The molecule has 1 saturated heterocycles. The zero-order valence-corrected chi connectivity index (χ0v) is 16.0. The van der Waals surface area contributed by atoms with Gasteiger partial charge in [0.05, 0.1) is 12.8 Å². The maximum absolute atomic E-state index is 12.9. The predicted molar refractivity (Wildman–Crippen MR) is 105 cm³/mol. The number of carbonyl (C=O) groups is 3. The molecule has 9 nitrogen and oxygen atoms in total. The van der Waals surface area contributed by atoms with Gasteiger partial charge in [-0.25, -0.2) is 4.90 Å². The van der Waals surface area contributed by atoms with Crippen molar-refractivity contribution in [2.24, 2.45) is 10.3 Å². The quantitative estimate of drug-likeness (QED) is 0.757. The summed E-state index contributed by atoms with van der Waals surface area (Å²) in [7, 11) is 1.53. The first-order chi connectivity index (χ1) is 14.0. The standard InChI is InChI=1S/C19H16ClN5O4/c1-29-14-7-5-13(6-8-14)25-18(27)16-17(19(25)28)24(23-22-16)10-15(26)21-12-4-2-3-11(20)9-12/h2-9,16-17H,10H2,1H3,(H,21,26)/t16-,17+/m0/s1. The fraction of sp³-hybridized carbons (Fsp3) is 0.211. The Kier molecular flexibility index (Phi) is 4.89. The van der Waals surface area contributed by atoms with Crippen LogP contribution in [0.2, 0.25) is 5.02 Å². The Morgan fingerprint density at radius 3 is 2.62 bits per heavy atom. The minimum Gasteiger partial charge on any atom is -0.497 e. The van der Waals surface area contributed by atoms with Crippen LogP contribution in [0.3, 0.4) is 0 Å². The largest absolute Gasteiger partial charge is 0.497 e. The zero-order chi connectivity index (χ0) is 20.5. The average molecular weight is 414 g/mol. The summed E-state index contributed by atoms with van der Waals surface area (Å²) in [5.41, 5.74) is 0.928. The fourth-order valence-corrected chi connectivity index (χ4v) is 3.44. The summed E-state index contributed by atoms with van der Waals surface area (Å²) in [5.74, 6) is -0.764. The van der Waals surface area contributed by atoms with E-state index in [0.717, 1.165) is 4.90 Å². The van der Waals surface area contributed by atoms with E-state index in [1.54, 1.807) is 48.5 Å². The topological polar surface area (TPSA) is 104 Å². The van der Waals surface area contributed by atoms with Crippen molar-refractivity contribution in [1.29, 1.82) is 0 Å². The smallest absolute Gasteiger partial charge is 0.263 e. The molecule has 1 fully saturated rings. The van der Waals surface area contributed by atoms with Gasteiger partial charge in [-0.2, -0.15) is 5.11 Å². The van der Waals surface area contributed by atoms with Gasteiger partial charge in [0.25, 0.3) is 11.8 Å². The first-order valence-corrected chi connectivity index (χ1v) is 9.10. The van der Waals surface area contributed by atoms with E-state index >= 15 is 0 Å². The van der Waals surface area contributed by atoms with Gasteiger partial charge in [0.15, 0.2) is 12.1 Å². The van der Waals surface area contributed by atoms with Gasteiger partial charge in [0.1, 0.15) is 12.3 Å².